The minimum absolute atomic E-state index is 0.217. The molecule has 0 bridgehead atoms. The van der Waals surface area contributed by atoms with Crippen LogP contribution in [-0.4, -0.2) is 58.0 Å². The Morgan fingerprint density at radius 2 is 2.00 bits per heavy atom. The number of imide groups is 1. The first-order chi connectivity index (χ1) is 7.58. The lowest BCUT2D eigenvalue weighted by Gasteiger charge is -2.37. The smallest absolute Gasteiger partial charge is 0.331 e. The fraction of sp³-hybridized carbons (Fsp3) is 0.667. The molecule has 0 aromatic carbocycles. The van der Waals surface area contributed by atoms with Gasteiger partial charge in [0.2, 0.25) is 0 Å². The summed E-state index contributed by atoms with van der Waals surface area (Å²) in [6.07, 6.45) is 0.310. The molecule has 2 amide bonds. The third-order valence-electron chi connectivity index (χ3n) is 2.78. The topological polar surface area (TPSA) is 83.9 Å². The molecule has 16 heavy (non-hydrogen) atoms. The Hall–Kier alpha value is -1.08. The normalized spacial score (nSPS) is 30.9. The highest BCUT2D eigenvalue weighted by molar-refractivity contribution is 7.99. The molecule has 0 aromatic heterocycles. The third kappa shape index (κ3) is 1.60. The van der Waals surface area contributed by atoms with Gasteiger partial charge in [-0.05, 0) is 12.2 Å². The minimum Gasteiger partial charge on any atom is -0.479 e. The number of ether oxygens (including phenoxy) is 1. The van der Waals surface area contributed by atoms with E-state index >= 15 is 0 Å². The summed E-state index contributed by atoms with van der Waals surface area (Å²) >= 11 is 1.44. The van der Waals surface area contributed by atoms with Crippen LogP contribution in [0.2, 0.25) is 0 Å². The van der Waals surface area contributed by atoms with Crippen molar-refractivity contribution in [2.24, 2.45) is 0 Å². The van der Waals surface area contributed by atoms with Crippen LogP contribution in [0, 0.1) is 0 Å². The van der Waals surface area contributed by atoms with Crippen molar-refractivity contribution in [3.63, 3.8) is 0 Å². The molecular weight excluding hydrogens is 234 g/mol. The quantitative estimate of drug-likeness (QED) is 0.650. The summed E-state index contributed by atoms with van der Waals surface area (Å²) in [7, 11) is 0. The van der Waals surface area contributed by atoms with Gasteiger partial charge in [-0.15, -0.1) is 0 Å². The number of nitrogens with zero attached hydrogens (tertiary/aromatic N) is 1. The number of rotatable bonds is 2. The number of thioether (sulfide) groups is 1. The second kappa shape index (κ2) is 4.06. The van der Waals surface area contributed by atoms with Crippen LogP contribution in [0.15, 0.2) is 0 Å². The zero-order valence-electron chi connectivity index (χ0n) is 8.47. The maximum absolute atomic E-state index is 11.6. The molecule has 2 aliphatic heterocycles. The number of aliphatic carboxylic acids is 1. The van der Waals surface area contributed by atoms with Crippen molar-refractivity contribution in [2.45, 2.75) is 12.0 Å². The Kier molecular flexibility index (Phi) is 2.90. The molecule has 2 rings (SSSR count). The Balaban J connectivity index is 2.35. The van der Waals surface area contributed by atoms with E-state index < -0.39 is 23.3 Å². The predicted molar refractivity (Wildman–Crippen MR) is 55.0 cm³/mol. The van der Waals surface area contributed by atoms with Crippen LogP contribution < -0.4 is 0 Å². The highest BCUT2D eigenvalue weighted by Gasteiger charge is 2.52. The average molecular weight is 245 g/mol. The lowest BCUT2D eigenvalue weighted by atomic mass is 9.95. The summed E-state index contributed by atoms with van der Waals surface area (Å²) in [5, 5.41) is 9.25. The van der Waals surface area contributed by atoms with Crippen molar-refractivity contribution >= 4 is 29.5 Å². The van der Waals surface area contributed by atoms with Gasteiger partial charge in [0.1, 0.15) is 13.2 Å². The largest absolute Gasteiger partial charge is 0.479 e. The number of carbonyl (C=O) groups is 3. The lowest BCUT2D eigenvalue weighted by Crippen LogP contribution is -2.63. The van der Waals surface area contributed by atoms with Crippen LogP contribution in [-0.2, 0) is 19.1 Å². The summed E-state index contributed by atoms with van der Waals surface area (Å²) in [6.45, 7) is -0.434. The fourth-order valence-electron chi connectivity index (χ4n) is 1.97. The molecule has 6 nitrogen and oxygen atoms in total. The van der Waals surface area contributed by atoms with Crippen LogP contribution in [0.1, 0.15) is 6.42 Å². The molecule has 1 atom stereocenters. The van der Waals surface area contributed by atoms with Crippen LogP contribution in [0.3, 0.4) is 0 Å². The predicted octanol–water partition coefficient (Wildman–Crippen LogP) is -0.668. The van der Waals surface area contributed by atoms with Crippen molar-refractivity contribution in [3.05, 3.63) is 0 Å². The van der Waals surface area contributed by atoms with E-state index in [-0.39, 0.29) is 19.0 Å². The Morgan fingerprint density at radius 3 is 2.44 bits per heavy atom. The molecule has 2 aliphatic rings. The third-order valence-corrected chi connectivity index (χ3v) is 3.95. The lowest BCUT2D eigenvalue weighted by molar-refractivity contribution is -0.174. The monoisotopic (exact) mass is 245 g/mol. The van der Waals surface area contributed by atoms with Gasteiger partial charge >= 0.3 is 5.97 Å². The Morgan fingerprint density at radius 1 is 1.38 bits per heavy atom. The van der Waals surface area contributed by atoms with E-state index in [0.29, 0.717) is 12.2 Å². The summed E-state index contributed by atoms with van der Waals surface area (Å²) in [5.41, 5.74) is -1.36. The van der Waals surface area contributed by atoms with Gasteiger partial charge in [0.05, 0.1) is 0 Å². The number of carboxylic acids is 1. The first-order valence-electron chi connectivity index (χ1n) is 4.83. The molecule has 1 unspecified atom stereocenters. The van der Waals surface area contributed by atoms with E-state index in [1.807, 2.05) is 0 Å². The molecule has 2 saturated heterocycles. The maximum atomic E-state index is 11.6. The van der Waals surface area contributed by atoms with Gasteiger partial charge in [-0.3, -0.25) is 14.5 Å². The summed E-state index contributed by atoms with van der Waals surface area (Å²) in [4.78, 5) is 35.4. The highest BCUT2D eigenvalue weighted by Crippen LogP contribution is 2.34. The molecular formula is C9H11NO5S. The second-order valence-corrected chi connectivity index (χ2v) is 4.86. The number of hydrogen-bond donors (Lipinski definition) is 1. The summed E-state index contributed by atoms with van der Waals surface area (Å²) in [5.74, 6) is -1.31. The van der Waals surface area contributed by atoms with Crippen LogP contribution in [0.4, 0.5) is 0 Å². The summed E-state index contributed by atoms with van der Waals surface area (Å²) < 4.78 is 4.77. The van der Waals surface area contributed by atoms with Crippen molar-refractivity contribution < 1.29 is 24.2 Å². The van der Waals surface area contributed by atoms with Gasteiger partial charge in [-0.2, -0.15) is 11.8 Å². The summed E-state index contributed by atoms with van der Waals surface area (Å²) in [6, 6.07) is 0. The average Bonchev–Trinajstić information content (AvgIpc) is 2.67. The maximum Gasteiger partial charge on any atom is 0.331 e. The standard InChI is InChI=1S/C9H11NO5S/c11-6-3-15-4-7(12)10(6)9(8(13)14)1-2-16-5-9/h1-5H2,(H,13,14). The van der Waals surface area contributed by atoms with Gasteiger partial charge in [-0.1, -0.05) is 0 Å². The first kappa shape index (κ1) is 11.4. The van der Waals surface area contributed by atoms with E-state index in [2.05, 4.69) is 0 Å². The van der Waals surface area contributed by atoms with Gasteiger partial charge in [0.25, 0.3) is 11.8 Å². The Bertz CT molecular complexity index is 334. The van der Waals surface area contributed by atoms with Crippen LogP contribution in [0.5, 0.6) is 0 Å². The van der Waals surface area contributed by atoms with Gasteiger partial charge in [0.15, 0.2) is 5.54 Å². The zero-order valence-corrected chi connectivity index (χ0v) is 9.29. The first-order valence-corrected chi connectivity index (χ1v) is 5.98. The SMILES string of the molecule is O=C1COCC(=O)N1C1(C(=O)O)CCSC1. The van der Waals surface area contributed by atoms with Crippen LogP contribution in [0.25, 0.3) is 0 Å². The van der Waals surface area contributed by atoms with Crippen molar-refractivity contribution in [1.82, 2.24) is 4.90 Å². The van der Waals surface area contributed by atoms with E-state index in [0.717, 1.165) is 4.90 Å². The molecule has 0 saturated carbocycles. The van der Waals surface area contributed by atoms with Crippen molar-refractivity contribution in [3.8, 4) is 0 Å². The second-order valence-electron chi connectivity index (χ2n) is 3.76. The molecule has 1 N–H and O–H groups in total. The highest BCUT2D eigenvalue weighted by atomic mass is 32.2. The molecule has 2 fully saturated rings. The van der Waals surface area contributed by atoms with E-state index in [9.17, 15) is 19.5 Å². The molecule has 0 spiro atoms. The number of amides is 2. The fourth-order valence-corrected chi connectivity index (χ4v) is 3.33. The van der Waals surface area contributed by atoms with E-state index in [1.165, 1.54) is 11.8 Å². The minimum atomic E-state index is -1.36. The Labute approximate surface area is 95.9 Å². The molecule has 0 aliphatic carbocycles. The van der Waals surface area contributed by atoms with E-state index in [1.54, 1.807) is 0 Å². The zero-order chi connectivity index (χ0) is 11.8. The van der Waals surface area contributed by atoms with Crippen LogP contribution >= 0.6 is 11.8 Å². The number of morpholine rings is 1. The molecule has 7 heteroatoms. The number of carboxylic acid groups (broad SMARTS) is 1. The van der Waals surface area contributed by atoms with Crippen molar-refractivity contribution in [1.29, 1.82) is 0 Å². The molecule has 88 valence electrons. The molecule has 0 aromatic rings. The number of carbonyl (C=O) groups excluding carboxylic acids is 2. The molecule has 2 heterocycles. The van der Waals surface area contributed by atoms with Crippen molar-refractivity contribution in [2.75, 3.05) is 24.7 Å². The number of hydrogen-bond acceptors (Lipinski definition) is 5. The van der Waals surface area contributed by atoms with Gasteiger partial charge < -0.3 is 9.84 Å². The van der Waals surface area contributed by atoms with Gasteiger partial charge in [0, 0.05) is 5.75 Å². The molecule has 0 radical (unpaired) electrons. The van der Waals surface area contributed by atoms with Gasteiger partial charge in [-0.25, -0.2) is 4.79 Å². The van der Waals surface area contributed by atoms with E-state index in [4.69, 9.17) is 4.74 Å².